The van der Waals surface area contributed by atoms with Crippen molar-refractivity contribution in [3.8, 4) is 0 Å². The Labute approximate surface area is 109 Å². The van der Waals surface area contributed by atoms with Crippen LogP contribution in [0.15, 0.2) is 0 Å². The number of hydrogen-bond acceptors (Lipinski definition) is 3. The van der Waals surface area contributed by atoms with Crippen LogP contribution in [0.5, 0.6) is 0 Å². The number of ether oxygens (including phenoxy) is 1. The van der Waals surface area contributed by atoms with Gasteiger partial charge in [0.2, 0.25) is 5.91 Å². The van der Waals surface area contributed by atoms with Crippen molar-refractivity contribution in [3.05, 3.63) is 0 Å². The molecule has 18 heavy (non-hydrogen) atoms. The van der Waals surface area contributed by atoms with Crippen LogP contribution in [0.1, 0.15) is 47.0 Å². The molecule has 0 bridgehead atoms. The molecule has 0 heterocycles. The lowest BCUT2D eigenvalue weighted by Gasteiger charge is -2.36. The summed E-state index contributed by atoms with van der Waals surface area (Å²) in [5.74, 6) is 1.17. The van der Waals surface area contributed by atoms with Gasteiger partial charge in [-0.25, -0.2) is 4.79 Å². The van der Waals surface area contributed by atoms with Gasteiger partial charge in [-0.3, -0.25) is 10.1 Å². The van der Waals surface area contributed by atoms with Crippen molar-refractivity contribution in [2.75, 3.05) is 6.61 Å². The smallest absolute Gasteiger partial charge is 0.413 e. The summed E-state index contributed by atoms with van der Waals surface area (Å²) in [5, 5.41) is 2.36. The van der Waals surface area contributed by atoms with Crippen molar-refractivity contribution in [3.63, 3.8) is 0 Å². The first-order valence-electron chi connectivity index (χ1n) is 6.93. The van der Waals surface area contributed by atoms with E-state index in [-0.39, 0.29) is 18.4 Å². The van der Waals surface area contributed by atoms with E-state index in [9.17, 15) is 9.59 Å². The summed E-state index contributed by atoms with van der Waals surface area (Å²) < 4.78 is 4.76. The number of imide groups is 1. The van der Waals surface area contributed by atoms with Crippen molar-refractivity contribution >= 4 is 12.0 Å². The maximum absolute atomic E-state index is 12.1. The van der Waals surface area contributed by atoms with Crippen molar-refractivity contribution in [2.24, 2.45) is 23.7 Å². The summed E-state index contributed by atoms with van der Waals surface area (Å²) in [7, 11) is 0. The van der Waals surface area contributed by atoms with Gasteiger partial charge in [-0.2, -0.15) is 0 Å². The van der Waals surface area contributed by atoms with Crippen LogP contribution >= 0.6 is 0 Å². The maximum Gasteiger partial charge on any atom is 0.413 e. The molecule has 0 radical (unpaired) electrons. The first-order valence-corrected chi connectivity index (χ1v) is 6.93. The molecule has 0 aliphatic heterocycles. The Hall–Kier alpha value is -1.06. The van der Waals surface area contributed by atoms with Crippen LogP contribution in [0.4, 0.5) is 4.79 Å². The first-order chi connectivity index (χ1) is 8.45. The molecule has 0 spiro atoms. The SMILES string of the molecule is CCOC(=O)NC(=O)[C@@H]1C[C@H](C)CC[C@H]1C(C)C. The van der Waals surface area contributed by atoms with Gasteiger partial charge in [0.1, 0.15) is 0 Å². The standard InChI is InChI=1S/C14H25NO3/c1-5-18-14(17)15-13(16)12-8-10(4)6-7-11(12)9(2)3/h9-12H,5-8H2,1-4H3,(H,15,16,17)/t10-,11+,12-/m1/s1. The van der Waals surface area contributed by atoms with E-state index in [2.05, 4.69) is 26.1 Å². The van der Waals surface area contributed by atoms with Crippen LogP contribution in [0.3, 0.4) is 0 Å². The average molecular weight is 255 g/mol. The Kier molecular flexibility index (Phi) is 5.63. The molecule has 0 aromatic heterocycles. The molecule has 0 aromatic rings. The van der Waals surface area contributed by atoms with Crippen molar-refractivity contribution in [1.82, 2.24) is 5.32 Å². The van der Waals surface area contributed by atoms with Crippen LogP contribution in [0, 0.1) is 23.7 Å². The van der Waals surface area contributed by atoms with Crippen LogP contribution in [-0.4, -0.2) is 18.6 Å². The number of carbonyl (C=O) groups excluding carboxylic acids is 2. The first kappa shape index (κ1) is 15.0. The Balaban J connectivity index is 2.64. The molecule has 3 atom stereocenters. The minimum absolute atomic E-state index is 0.0573. The number of carbonyl (C=O) groups is 2. The highest BCUT2D eigenvalue weighted by Gasteiger charge is 2.36. The van der Waals surface area contributed by atoms with E-state index >= 15 is 0 Å². The van der Waals surface area contributed by atoms with E-state index in [1.165, 1.54) is 6.42 Å². The van der Waals surface area contributed by atoms with E-state index in [1.807, 2.05) is 0 Å². The molecule has 104 valence electrons. The fraction of sp³-hybridized carbons (Fsp3) is 0.857. The third-order valence-electron chi connectivity index (χ3n) is 3.86. The number of amides is 2. The van der Waals surface area contributed by atoms with Gasteiger partial charge in [0.15, 0.2) is 0 Å². The van der Waals surface area contributed by atoms with Crippen LogP contribution in [0.25, 0.3) is 0 Å². The third-order valence-corrected chi connectivity index (χ3v) is 3.86. The molecule has 4 heteroatoms. The lowest BCUT2D eigenvalue weighted by Crippen LogP contribution is -2.42. The molecule has 4 nitrogen and oxygen atoms in total. The predicted molar refractivity (Wildman–Crippen MR) is 70.0 cm³/mol. The van der Waals surface area contributed by atoms with Gasteiger partial charge in [-0.15, -0.1) is 0 Å². The minimum Gasteiger partial charge on any atom is -0.450 e. The van der Waals surface area contributed by atoms with E-state index in [4.69, 9.17) is 4.74 Å². The lowest BCUT2D eigenvalue weighted by molar-refractivity contribution is -0.128. The summed E-state index contributed by atoms with van der Waals surface area (Å²) >= 11 is 0. The molecule has 1 rings (SSSR count). The third kappa shape index (κ3) is 4.00. The molecule has 1 N–H and O–H groups in total. The molecular weight excluding hydrogens is 230 g/mol. The Morgan fingerprint density at radius 2 is 2.00 bits per heavy atom. The summed E-state index contributed by atoms with van der Waals surface area (Å²) in [5.41, 5.74) is 0. The molecule has 1 aliphatic carbocycles. The number of nitrogens with one attached hydrogen (secondary N) is 1. The van der Waals surface area contributed by atoms with Gasteiger partial charge < -0.3 is 4.74 Å². The summed E-state index contributed by atoms with van der Waals surface area (Å²) in [6.45, 7) is 8.47. The molecule has 0 aromatic carbocycles. The Morgan fingerprint density at radius 3 is 2.56 bits per heavy atom. The Morgan fingerprint density at radius 1 is 1.33 bits per heavy atom. The normalized spacial score (nSPS) is 27.9. The van der Waals surface area contributed by atoms with Gasteiger partial charge in [0, 0.05) is 5.92 Å². The van der Waals surface area contributed by atoms with Gasteiger partial charge in [-0.1, -0.05) is 27.2 Å². The highest BCUT2D eigenvalue weighted by atomic mass is 16.5. The number of rotatable bonds is 3. The fourth-order valence-corrected chi connectivity index (χ4v) is 2.86. The average Bonchev–Trinajstić information content (AvgIpc) is 2.28. The molecule has 2 amide bonds. The Bertz CT molecular complexity index is 301. The largest absolute Gasteiger partial charge is 0.450 e. The van der Waals surface area contributed by atoms with Crippen molar-refractivity contribution < 1.29 is 14.3 Å². The highest BCUT2D eigenvalue weighted by Crippen LogP contribution is 2.38. The zero-order valence-electron chi connectivity index (χ0n) is 11.9. The van der Waals surface area contributed by atoms with Gasteiger partial charge in [-0.05, 0) is 37.5 Å². The van der Waals surface area contributed by atoms with E-state index in [0.717, 1.165) is 12.8 Å². The molecule has 1 saturated carbocycles. The molecule has 0 saturated heterocycles. The second-order valence-corrected chi connectivity index (χ2v) is 5.64. The van der Waals surface area contributed by atoms with Crippen LogP contribution in [-0.2, 0) is 9.53 Å². The van der Waals surface area contributed by atoms with Gasteiger partial charge in [0.05, 0.1) is 6.61 Å². The van der Waals surface area contributed by atoms with Crippen LogP contribution < -0.4 is 5.32 Å². The molecular formula is C14H25NO3. The van der Waals surface area contributed by atoms with Crippen LogP contribution in [0.2, 0.25) is 0 Å². The second-order valence-electron chi connectivity index (χ2n) is 5.64. The van der Waals surface area contributed by atoms with E-state index in [0.29, 0.717) is 17.8 Å². The summed E-state index contributed by atoms with van der Waals surface area (Å²) in [4.78, 5) is 23.4. The van der Waals surface area contributed by atoms with Gasteiger partial charge in [0.25, 0.3) is 0 Å². The predicted octanol–water partition coefficient (Wildman–Crippen LogP) is 2.97. The monoisotopic (exact) mass is 255 g/mol. The quantitative estimate of drug-likeness (QED) is 0.843. The topological polar surface area (TPSA) is 55.4 Å². The second kappa shape index (κ2) is 6.76. The fourth-order valence-electron chi connectivity index (χ4n) is 2.86. The maximum atomic E-state index is 12.1. The summed E-state index contributed by atoms with van der Waals surface area (Å²) in [6.07, 6.45) is 2.49. The molecule has 1 fully saturated rings. The zero-order chi connectivity index (χ0) is 13.7. The number of hydrogen-bond donors (Lipinski definition) is 1. The lowest BCUT2D eigenvalue weighted by atomic mass is 9.70. The minimum atomic E-state index is -0.622. The van der Waals surface area contributed by atoms with E-state index in [1.54, 1.807) is 6.92 Å². The molecule has 1 aliphatic rings. The van der Waals surface area contributed by atoms with Crippen molar-refractivity contribution in [2.45, 2.75) is 47.0 Å². The van der Waals surface area contributed by atoms with E-state index < -0.39 is 6.09 Å². The number of alkyl carbamates (subject to hydrolysis) is 1. The molecule has 0 unspecified atom stereocenters. The summed E-state index contributed by atoms with van der Waals surface area (Å²) in [6, 6.07) is 0. The van der Waals surface area contributed by atoms with Gasteiger partial charge >= 0.3 is 6.09 Å². The van der Waals surface area contributed by atoms with Crippen molar-refractivity contribution in [1.29, 1.82) is 0 Å². The zero-order valence-corrected chi connectivity index (χ0v) is 11.9. The highest BCUT2D eigenvalue weighted by molar-refractivity contribution is 5.93.